The minimum Gasteiger partial charge on any atom is -0.457 e. The number of anilines is 1. The van der Waals surface area contributed by atoms with Gasteiger partial charge in [-0.3, -0.25) is 24.2 Å². The average Bonchev–Trinajstić information content (AvgIpc) is 3.64. The SMILES string of the molecule is Cc1cc(Oc2ccccc2)ccc1N(C(=O)CCl)[C@H](C(=O)N1CCN(C(=O)OC(C)(C)C)C(C(=O)NCc2ccccc2)C1)c1cccs1. The molecule has 1 saturated heterocycles. The zero-order valence-corrected chi connectivity index (χ0v) is 30.1. The van der Waals surface area contributed by atoms with Gasteiger partial charge >= 0.3 is 6.09 Å². The molecule has 2 heterocycles. The van der Waals surface area contributed by atoms with Crippen molar-refractivity contribution in [2.45, 2.75) is 51.9 Å². The highest BCUT2D eigenvalue weighted by Crippen LogP contribution is 2.36. The lowest BCUT2D eigenvalue weighted by Crippen LogP contribution is -2.63. The molecule has 5 rings (SSSR count). The highest BCUT2D eigenvalue weighted by atomic mass is 35.5. The maximum absolute atomic E-state index is 14.7. The molecular formula is C38H41ClN4O6S. The third kappa shape index (κ3) is 9.02. The third-order valence-electron chi connectivity index (χ3n) is 8.03. The van der Waals surface area contributed by atoms with Gasteiger partial charge in [0.05, 0.1) is 6.54 Å². The second-order valence-corrected chi connectivity index (χ2v) is 14.1. The molecule has 4 amide bonds. The normalized spacial score (nSPS) is 15.2. The fourth-order valence-electron chi connectivity index (χ4n) is 5.70. The van der Waals surface area contributed by atoms with Crippen LogP contribution in [-0.4, -0.2) is 70.8 Å². The summed E-state index contributed by atoms with van der Waals surface area (Å²) in [6.45, 7) is 7.41. The Bertz CT molecular complexity index is 1780. The monoisotopic (exact) mass is 716 g/mol. The van der Waals surface area contributed by atoms with Crippen LogP contribution >= 0.6 is 22.9 Å². The Morgan fingerprint density at radius 1 is 0.940 bits per heavy atom. The lowest BCUT2D eigenvalue weighted by molar-refractivity contribution is -0.140. The summed E-state index contributed by atoms with van der Waals surface area (Å²) < 4.78 is 11.7. The van der Waals surface area contributed by atoms with Crippen molar-refractivity contribution in [3.05, 3.63) is 112 Å². The number of thiophene rings is 1. The second kappa shape index (κ2) is 16.2. The van der Waals surface area contributed by atoms with Crippen LogP contribution in [0.3, 0.4) is 0 Å². The summed E-state index contributed by atoms with van der Waals surface area (Å²) in [5, 5.41) is 4.76. The first-order valence-corrected chi connectivity index (χ1v) is 17.7. The number of ether oxygens (including phenoxy) is 2. The molecule has 1 aromatic heterocycles. The molecule has 12 heteroatoms. The fourth-order valence-corrected chi connectivity index (χ4v) is 6.63. The Morgan fingerprint density at radius 2 is 1.64 bits per heavy atom. The van der Waals surface area contributed by atoms with Crippen LogP contribution in [-0.2, 0) is 25.7 Å². The number of hydrogen-bond acceptors (Lipinski definition) is 7. The molecular weight excluding hydrogens is 676 g/mol. The molecule has 0 spiro atoms. The van der Waals surface area contributed by atoms with Gasteiger partial charge in [-0.2, -0.15) is 0 Å². The fraction of sp³-hybridized carbons (Fsp3) is 0.316. The number of rotatable bonds is 10. The number of halogens is 1. The number of piperazine rings is 1. The molecule has 0 aliphatic carbocycles. The molecule has 1 aliphatic heterocycles. The number of carbonyl (C=O) groups is 4. The standard InChI is InChI=1S/C38H41ClN4O6S/c1-26-22-29(48-28-14-9-6-10-15-28)17-18-30(26)43(33(44)23-39)34(32-16-11-21-50-32)36(46)41-19-20-42(37(47)49-38(2,3)4)31(25-41)35(45)40-24-27-12-7-5-8-13-27/h5-18,21-22,31,34H,19-20,23-25H2,1-4H3,(H,40,45)/t31?,34-/m0/s1. The average molecular weight is 717 g/mol. The van der Waals surface area contributed by atoms with E-state index in [2.05, 4.69) is 5.32 Å². The van der Waals surface area contributed by atoms with Crippen molar-refractivity contribution >= 4 is 52.4 Å². The van der Waals surface area contributed by atoms with E-state index in [-0.39, 0.29) is 32.1 Å². The summed E-state index contributed by atoms with van der Waals surface area (Å²) in [6, 6.07) is 25.5. The lowest BCUT2D eigenvalue weighted by Gasteiger charge is -2.43. The van der Waals surface area contributed by atoms with Crippen molar-refractivity contribution in [2.24, 2.45) is 0 Å². The largest absolute Gasteiger partial charge is 0.457 e. The number of benzene rings is 3. The van der Waals surface area contributed by atoms with Crippen molar-refractivity contribution in [3.63, 3.8) is 0 Å². The number of para-hydroxylation sites is 1. The van der Waals surface area contributed by atoms with Gasteiger partial charge in [0.15, 0.2) is 0 Å². The molecule has 3 aromatic carbocycles. The van der Waals surface area contributed by atoms with Crippen molar-refractivity contribution in [2.75, 3.05) is 30.4 Å². The summed E-state index contributed by atoms with van der Waals surface area (Å²) in [5.41, 5.74) is 1.28. The molecule has 0 saturated carbocycles. The zero-order chi connectivity index (χ0) is 35.8. The van der Waals surface area contributed by atoms with E-state index in [1.165, 1.54) is 26.0 Å². The summed E-state index contributed by atoms with van der Waals surface area (Å²) in [7, 11) is 0. The van der Waals surface area contributed by atoms with Gasteiger partial charge in [0.1, 0.15) is 35.1 Å². The minimum absolute atomic E-state index is 0.0508. The molecule has 2 atom stereocenters. The van der Waals surface area contributed by atoms with E-state index in [0.717, 1.165) is 5.56 Å². The highest BCUT2D eigenvalue weighted by molar-refractivity contribution is 7.10. The third-order valence-corrected chi connectivity index (χ3v) is 9.18. The van der Waals surface area contributed by atoms with Crippen LogP contribution in [0.1, 0.15) is 42.8 Å². The Balaban J connectivity index is 1.45. The van der Waals surface area contributed by atoms with E-state index in [0.29, 0.717) is 27.6 Å². The van der Waals surface area contributed by atoms with E-state index < -0.39 is 41.5 Å². The van der Waals surface area contributed by atoms with Gasteiger partial charge in [-0.25, -0.2) is 4.79 Å². The lowest BCUT2D eigenvalue weighted by atomic mass is 10.1. The van der Waals surface area contributed by atoms with E-state index in [4.69, 9.17) is 21.1 Å². The number of hydrogen-bond donors (Lipinski definition) is 1. The van der Waals surface area contributed by atoms with E-state index >= 15 is 0 Å². The topological polar surface area (TPSA) is 108 Å². The van der Waals surface area contributed by atoms with Gasteiger partial charge < -0.3 is 19.7 Å². The molecule has 0 radical (unpaired) electrons. The molecule has 50 heavy (non-hydrogen) atoms. The van der Waals surface area contributed by atoms with Crippen LogP contribution in [0.2, 0.25) is 0 Å². The molecule has 1 aliphatic rings. The molecule has 1 fully saturated rings. The first-order chi connectivity index (χ1) is 23.9. The Morgan fingerprint density at radius 3 is 2.26 bits per heavy atom. The van der Waals surface area contributed by atoms with Crippen molar-refractivity contribution < 1.29 is 28.7 Å². The van der Waals surface area contributed by atoms with Gasteiger partial charge in [0, 0.05) is 30.2 Å². The van der Waals surface area contributed by atoms with Gasteiger partial charge in [0.25, 0.3) is 5.91 Å². The molecule has 10 nitrogen and oxygen atoms in total. The minimum atomic E-state index is -1.08. The first-order valence-electron chi connectivity index (χ1n) is 16.3. The second-order valence-electron chi connectivity index (χ2n) is 12.9. The van der Waals surface area contributed by atoms with Crippen LogP contribution in [0.25, 0.3) is 0 Å². The highest BCUT2D eigenvalue weighted by Gasteiger charge is 2.43. The number of nitrogens with one attached hydrogen (secondary N) is 1. The van der Waals surface area contributed by atoms with Crippen LogP contribution in [0.5, 0.6) is 11.5 Å². The van der Waals surface area contributed by atoms with Gasteiger partial charge in [-0.15, -0.1) is 22.9 Å². The number of alkyl halides is 1. The maximum Gasteiger partial charge on any atom is 0.411 e. The van der Waals surface area contributed by atoms with E-state index in [9.17, 15) is 19.2 Å². The smallest absolute Gasteiger partial charge is 0.411 e. The van der Waals surface area contributed by atoms with Crippen LogP contribution < -0.4 is 15.0 Å². The first kappa shape index (κ1) is 36.4. The van der Waals surface area contributed by atoms with Crippen molar-refractivity contribution in [3.8, 4) is 11.5 Å². The summed E-state index contributed by atoms with van der Waals surface area (Å²) in [4.78, 5) is 60.4. The van der Waals surface area contributed by atoms with E-state index in [1.807, 2.05) is 79.0 Å². The number of carbonyl (C=O) groups excluding carboxylic acids is 4. The van der Waals surface area contributed by atoms with Crippen molar-refractivity contribution in [1.29, 1.82) is 0 Å². The molecule has 262 valence electrons. The Hall–Kier alpha value is -4.87. The van der Waals surface area contributed by atoms with Crippen LogP contribution in [0, 0.1) is 6.92 Å². The predicted octanol–water partition coefficient (Wildman–Crippen LogP) is 6.93. The van der Waals surface area contributed by atoms with Gasteiger partial charge in [0.2, 0.25) is 11.8 Å². The Kier molecular flexibility index (Phi) is 11.8. The number of nitrogens with zero attached hydrogens (tertiary/aromatic N) is 3. The van der Waals surface area contributed by atoms with Gasteiger partial charge in [-0.1, -0.05) is 54.6 Å². The number of amides is 4. The molecule has 0 bridgehead atoms. The summed E-state index contributed by atoms with van der Waals surface area (Å²) >= 11 is 7.53. The molecule has 1 N–H and O–H groups in total. The maximum atomic E-state index is 14.7. The van der Waals surface area contributed by atoms with Gasteiger partial charge in [-0.05, 0) is 80.6 Å². The number of aryl methyl sites for hydroxylation is 1. The molecule has 4 aromatic rings. The van der Waals surface area contributed by atoms with Crippen LogP contribution in [0.15, 0.2) is 96.4 Å². The quantitative estimate of drug-likeness (QED) is 0.179. The summed E-state index contributed by atoms with van der Waals surface area (Å²) in [5.74, 6) is -0.440. The zero-order valence-electron chi connectivity index (χ0n) is 28.5. The van der Waals surface area contributed by atoms with Crippen molar-refractivity contribution in [1.82, 2.24) is 15.1 Å². The van der Waals surface area contributed by atoms with E-state index in [1.54, 1.807) is 45.0 Å². The van der Waals surface area contributed by atoms with Crippen LogP contribution in [0.4, 0.5) is 10.5 Å². The Labute approximate surface area is 301 Å². The predicted molar refractivity (Wildman–Crippen MR) is 195 cm³/mol. The molecule has 1 unspecified atom stereocenters. The summed E-state index contributed by atoms with van der Waals surface area (Å²) in [6.07, 6.45) is -0.647.